The Hall–Kier alpha value is -1.72. The minimum Gasteiger partial charge on any atom is -0.352 e. The highest BCUT2D eigenvalue weighted by atomic mass is 32.2. The molecule has 0 aliphatic rings. The molecular weight excluding hydrogens is 274 g/mol. The van der Waals surface area contributed by atoms with Crippen LogP contribution in [0.15, 0.2) is 60.7 Å². The Balaban J connectivity index is 1.65. The van der Waals surface area contributed by atoms with Crippen molar-refractivity contribution >= 4 is 40.7 Å². The van der Waals surface area contributed by atoms with Crippen molar-refractivity contribution in [3.63, 3.8) is 0 Å². The van der Waals surface area contributed by atoms with Gasteiger partial charge >= 0.3 is 0 Å². The maximum absolute atomic E-state index is 5.20. The third-order valence-electron chi connectivity index (χ3n) is 2.30. The van der Waals surface area contributed by atoms with E-state index in [-0.39, 0.29) is 0 Å². The van der Waals surface area contributed by atoms with Gasteiger partial charge in [0.25, 0.3) is 0 Å². The van der Waals surface area contributed by atoms with Crippen molar-refractivity contribution in [3.8, 4) is 0 Å². The van der Waals surface area contributed by atoms with Crippen LogP contribution in [0.25, 0.3) is 0 Å². The summed E-state index contributed by atoms with van der Waals surface area (Å²) in [5, 5.41) is 6.86. The molecule has 0 saturated heterocycles. The summed E-state index contributed by atoms with van der Waals surface area (Å²) in [6.07, 6.45) is 0. The number of para-hydroxylation sites is 2. The van der Waals surface area contributed by atoms with Crippen molar-refractivity contribution in [2.75, 3.05) is 15.9 Å². The monoisotopic (exact) mass is 289 g/mol. The molecule has 0 spiro atoms. The summed E-state index contributed by atoms with van der Waals surface area (Å²) >= 11 is 6.76. The predicted molar refractivity (Wildman–Crippen MR) is 88.3 cm³/mol. The normalized spacial score (nSPS) is 9.68. The molecule has 0 amide bonds. The van der Waals surface area contributed by atoms with Gasteiger partial charge in [0.15, 0.2) is 5.11 Å². The van der Waals surface area contributed by atoms with Gasteiger partial charge in [0.05, 0.1) is 5.88 Å². The Kier molecular flexibility index (Phi) is 5.52. The number of nitrogens with one attached hydrogen (secondary N) is 3. The van der Waals surface area contributed by atoms with Gasteiger partial charge in [0, 0.05) is 11.4 Å². The average molecular weight is 289 g/mol. The third kappa shape index (κ3) is 5.19. The van der Waals surface area contributed by atoms with Crippen LogP contribution < -0.4 is 15.4 Å². The minimum atomic E-state index is 0.619. The quantitative estimate of drug-likeness (QED) is 0.339. The van der Waals surface area contributed by atoms with Crippen LogP contribution in [0.1, 0.15) is 0 Å². The van der Waals surface area contributed by atoms with Gasteiger partial charge in [-0.25, -0.2) is 0 Å². The SMILES string of the molecule is S=C(NCSNc1ccccc1)Nc1ccccc1. The maximum Gasteiger partial charge on any atom is 0.171 e. The summed E-state index contributed by atoms with van der Waals surface area (Å²) in [7, 11) is 0. The molecule has 98 valence electrons. The number of rotatable bonds is 5. The fraction of sp³-hybridized carbons (Fsp3) is 0.0714. The first-order valence-electron chi connectivity index (χ1n) is 5.87. The zero-order valence-electron chi connectivity index (χ0n) is 10.3. The first-order valence-corrected chi connectivity index (χ1v) is 7.27. The molecule has 5 heteroatoms. The lowest BCUT2D eigenvalue weighted by atomic mass is 10.3. The molecule has 3 nitrogen and oxygen atoms in total. The van der Waals surface area contributed by atoms with Gasteiger partial charge in [-0.1, -0.05) is 36.4 Å². The number of hydrogen-bond acceptors (Lipinski definition) is 3. The van der Waals surface area contributed by atoms with E-state index in [1.54, 1.807) is 11.9 Å². The molecule has 3 N–H and O–H groups in total. The zero-order valence-corrected chi connectivity index (χ0v) is 11.9. The van der Waals surface area contributed by atoms with E-state index in [1.807, 2.05) is 60.7 Å². The molecule has 0 unspecified atom stereocenters. The topological polar surface area (TPSA) is 36.1 Å². The lowest BCUT2D eigenvalue weighted by Gasteiger charge is -2.10. The lowest BCUT2D eigenvalue weighted by molar-refractivity contribution is 1.15. The summed E-state index contributed by atoms with van der Waals surface area (Å²) in [6.45, 7) is 0. The van der Waals surface area contributed by atoms with Crippen LogP contribution in [0.5, 0.6) is 0 Å². The summed E-state index contributed by atoms with van der Waals surface area (Å²) in [6, 6.07) is 19.9. The van der Waals surface area contributed by atoms with E-state index in [2.05, 4.69) is 15.4 Å². The van der Waals surface area contributed by atoms with E-state index >= 15 is 0 Å². The van der Waals surface area contributed by atoms with Crippen LogP contribution in [0.3, 0.4) is 0 Å². The number of thiocarbonyl (C=S) groups is 1. The molecule has 0 aliphatic heterocycles. The fourth-order valence-corrected chi connectivity index (χ4v) is 2.30. The van der Waals surface area contributed by atoms with Crippen LogP contribution in [0.2, 0.25) is 0 Å². The van der Waals surface area contributed by atoms with Crippen molar-refractivity contribution < 1.29 is 0 Å². The standard InChI is InChI=1S/C14H15N3S2/c18-14(16-12-7-3-1-4-8-12)15-11-19-17-13-9-5-2-6-10-13/h1-10,17H,11H2,(H2,15,16,18). The van der Waals surface area contributed by atoms with E-state index in [0.29, 0.717) is 11.0 Å². The van der Waals surface area contributed by atoms with Crippen molar-refractivity contribution in [1.82, 2.24) is 5.32 Å². The van der Waals surface area contributed by atoms with Crippen molar-refractivity contribution in [3.05, 3.63) is 60.7 Å². The van der Waals surface area contributed by atoms with E-state index < -0.39 is 0 Å². The van der Waals surface area contributed by atoms with Gasteiger partial charge in [-0.2, -0.15) is 0 Å². The molecule has 0 atom stereocenters. The molecule has 0 radical (unpaired) electrons. The molecule has 0 aliphatic carbocycles. The molecule has 2 rings (SSSR count). The Labute approximate surface area is 122 Å². The van der Waals surface area contributed by atoms with Crippen LogP contribution in [-0.4, -0.2) is 11.0 Å². The minimum absolute atomic E-state index is 0.619. The average Bonchev–Trinajstić information content (AvgIpc) is 2.46. The highest BCUT2D eigenvalue weighted by Gasteiger charge is 1.96. The van der Waals surface area contributed by atoms with Gasteiger partial charge < -0.3 is 15.4 Å². The van der Waals surface area contributed by atoms with Crippen molar-refractivity contribution in [2.24, 2.45) is 0 Å². The summed E-state index contributed by atoms with van der Waals surface area (Å²) in [4.78, 5) is 0. The molecule has 2 aromatic rings. The molecule has 0 fully saturated rings. The number of hydrogen-bond donors (Lipinski definition) is 3. The molecule has 0 aromatic heterocycles. The Bertz CT molecular complexity index is 503. The van der Waals surface area contributed by atoms with Gasteiger partial charge in [-0.15, -0.1) is 0 Å². The fourth-order valence-electron chi connectivity index (χ4n) is 1.42. The van der Waals surface area contributed by atoms with Gasteiger partial charge in [0.2, 0.25) is 0 Å². The largest absolute Gasteiger partial charge is 0.352 e. The Morgan fingerprint density at radius 1 is 0.895 bits per heavy atom. The zero-order chi connectivity index (χ0) is 13.3. The summed E-state index contributed by atoms with van der Waals surface area (Å²) < 4.78 is 3.23. The first kappa shape index (κ1) is 13.7. The van der Waals surface area contributed by atoms with Crippen LogP contribution in [0.4, 0.5) is 11.4 Å². The molecule has 19 heavy (non-hydrogen) atoms. The van der Waals surface area contributed by atoms with E-state index in [4.69, 9.17) is 12.2 Å². The second kappa shape index (κ2) is 7.66. The van der Waals surface area contributed by atoms with Crippen LogP contribution in [-0.2, 0) is 0 Å². The third-order valence-corrected chi connectivity index (χ3v) is 3.22. The maximum atomic E-state index is 5.20. The Morgan fingerprint density at radius 2 is 1.47 bits per heavy atom. The second-order valence-electron chi connectivity index (χ2n) is 3.75. The number of benzene rings is 2. The summed E-state index contributed by atoms with van der Waals surface area (Å²) in [5.41, 5.74) is 2.07. The first-order chi connectivity index (χ1) is 9.34. The van der Waals surface area contributed by atoms with Crippen molar-refractivity contribution in [2.45, 2.75) is 0 Å². The lowest BCUT2D eigenvalue weighted by Crippen LogP contribution is -2.28. The van der Waals surface area contributed by atoms with E-state index in [0.717, 1.165) is 11.4 Å². The molecule has 0 saturated carbocycles. The van der Waals surface area contributed by atoms with Crippen molar-refractivity contribution in [1.29, 1.82) is 0 Å². The number of anilines is 2. The highest BCUT2D eigenvalue weighted by Crippen LogP contribution is 2.10. The smallest absolute Gasteiger partial charge is 0.171 e. The van der Waals surface area contributed by atoms with Gasteiger partial charge in [-0.05, 0) is 48.4 Å². The van der Waals surface area contributed by atoms with E-state index in [1.165, 1.54) is 0 Å². The van der Waals surface area contributed by atoms with Crippen LogP contribution >= 0.6 is 24.2 Å². The molecular formula is C14H15N3S2. The molecule has 2 aromatic carbocycles. The molecule has 0 bridgehead atoms. The summed E-state index contributed by atoms with van der Waals surface area (Å²) in [5.74, 6) is 0.688. The van der Waals surface area contributed by atoms with E-state index in [9.17, 15) is 0 Å². The Morgan fingerprint density at radius 3 is 2.11 bits per heavy atom. The van der Waals surface area contributed by atoms with Gasteiger partial charge in [0.1, 0.15) is 0 Å². The predicted octanol–water partition coefficient (Wildman–Crippen LogP) is 3.69. The second-order valence-corrected chi connectivity index (χ2v) is 4.94. The highest BCUT2D eigenvalue weighted by molar-refractivity contribution is 8.00. The van der Waals surface area contributed by atoms with Gasteiger partial charge in [-0.3, -0.25) is 0 Å². The molecule has 0 heterocycles. The van der Waals surface area contributed by atoms with Crippen LogP contribution in [0, 0.1) is 0 Å².